The van der Waals surface area contributed by atoms with Crippen molar-refractivity contribution in [2.45, 2.75) is 39.4 Å². The van der Waals surface area contributed by atoms with Gasteiger partial charge in [0.2, 0.25) is 0 Å². The van der Waals surface area contributed by atoms with Crippen molar-refractivity contribution in [2.75, 3.05) is 6.61 Å². The van der Waals surface area contributed by atoms with Crippen LogP contribution in [0, 0.1) is 6.92 Å². The fourth-order valence-electron chi connectivity index (χ4n) is 2.37. The van der Waals surface area contributed by atoms with Gasteiger partial charge in [-0.05, 0) is 26.3 Å². The number of aliphatic hydroxyl groups is 1. The summed E-state index contributed by atoms with van der Waals surface area (Å²) in [4.78, 5) is 0. The average molecular weight is 308 g/mol. The van der Waals surface area contributed by atoms with Crippen molar-refractivity contribution in [3.05, 3.63) is 52.3 Å². The Kier molecular flexibility index (Phi) is 5.04. The van der Waals surface area contributed by atoms with Crippen LogP contribution in [0.1, 0.15) is 30.8 Å². The molecule has 0 saturated carbocycles. The Hall–Kier alpha value is -1.36. The molecule has 2 rings (SSSR count). The molecule has 0 radical (unpaired) electrons. The van der Waals surface area contributed by atoms with Gasteiger partial charge in [-0.1, -0.05) is 41.9 Å². The largest absolute Gasteiger partial charge is 0.394 e. The second-order valence-corrected chi connectivity index (χ2v) is 5.75. The van der Waals surface area contributed by atoms with Gasteiger partial charge in [-0.15, -0.1) is 0 Å². The molecule has 5 heteroatoms. The molecule has 0 spiro atoms. The summed E-state index contributed by atoms with van der Waals surface area (Å²) < 4.78 is 1.90. The molecule has 1 aromatic heterocycles. The van der Waals surface area contributed by atoms with E-state index in [2.05, 4.69) is 10.4 Å². The molecule has 1 aromatic carbocycles. The Labute approximate surface area is 130 Å². The van der Waals surface area contributed by atoms with Crippen molar-refractivity contribution < 1.29 is 5.11 Å². The third-order valence-corrected chi connectivity index (χ3v) is 4.32. The maximum absolute atomic E-state index is 9.80. The van der Waals surface area contributed by atoms with Gasteiger partial charge in [-0.2, -0.15) is 5.10 Å². The SMILES string of the molecule is CCn1nc(C)c(Cl)c1CNC(C)(CO)c1ccccc1. The Morgan fingerprint density at radius 2 is 2.00 bits per heavy atom. The molecule has 114 valence electrons. The zero-order valence-corrected chi connectivity index (χ0v) is 13.5. The molecule has 2 N–H and O–H groups in total. The molecule has 0 amide bonds. The van der Waals surface area contributed by atoms with Gasteiger partial charge in [0.05, 0.1) is 28.6 Å². The van der Waals surface area contributed by atoms with Gasteiger partial charge in [-0.3, -0.25) is 10.00 Å². The van der Waals surface area contributed by atoms with Crippen LogP contribution in [0.3, 0.4) is 0 Å². The highest BCUT2D eigenvalue weighted by Crippen LogP contribution is 2.24. The molecule has 0 aliphatic carbocycles. The summed E-state index contributed by atoms with van der Waals surface area (Å²) in [6, 6.07) is 9.92. The van der Waals surface area contributed by atoms with Crippen molar-refractivity contribution in [3.63, 3.8) is 0 Å². The molecule has 0 saturated heterocycles. The molecule has 2 aromatic rings. The van der Waals surface area contributed by atoms with Gasteiger partial charge in [0.1, 0.15) is 0 Å². The summed E-state index contributed by atoms with van der Waals surface area (Å²) >= 11 is 6.32. The van der Waals surface area contributed by atoms with Gasteiger partial charge < -0.3 is 5.11 Å². The topological polar surface area (TPSA) is 50.1 Å². The minimum atomic E-state index is -0.513. The number of rotatable bonds is 6. The van der Waals surface area contributed by atoms with Crippen LogP contribution in [0.25, 0.3) is 0 Å². The number of aromatic nitrogens is 2. The van der Waals surface area contributed by atoms with E-state index in [0.29, 0.717) is 11.6 Å². The minimum Gasteiger partial charge on any atom is -0.394 e. The number of aliphatic hydroxyl groups excluding tert-OH is 1. The summed E-state index contributed by atoms with van der Waals surface area (Å²) in [5, 5.41) is 18.3. The van der Waals surface area contributed by atoms with Crippen molar-refractivity contribution in [2.24, 2.45) is 0 Å². The first-order chi connectivity index (χ1) is 10.0. The lowest BCUT2D eigenvalue weighted by atomic mass is 9.93. The molecule has 21 heavy (non-hydrogen) atoms. The van der Waals surface area contributed by atoms with E-state index in [1.165, 1.54) is 0 Å². The quantitative estimate of drug-likeness (QED) is 0.863. The third kappa shape index (κ3) is 3.28. The lowest BCUT2D eigenvalue weighted by Crippen LogP contribution is -2.42. The molecule has 1 unspecified atom stereocenters. The van der Waals surface area contributed by atoms with Gasteiger partial charge in [0.15, 0.2) is 0 Å². The first-order valence-electron chi connectivity index (χ1n) is 7.15. The first-order valence-corrected chi connectivity index (χ1v) is 7.53. The number of hydrogen-bond donors (Lipinski definition) is 2. The Balaban J connectivity index is 2.21. The summed E-state index contributed by atoms with van der Waals surface area (Å²) in [6.07, 6.45) is 0. The van der Waals surface area contributed by atoms with E-state index in [4.69, 9.17) is 11.6 Å². The lowest BCUT2D eigenvalue weighted by molar-refractivity contribution is 0.172. The number of hydrogen-bond acceptors (Lipinski definition) is 3. The normalized spacial score (nSPS) is 14.1. The zero-order valence-electron chi connectivity index (χ0n) is 12.7. The van der Waals surface area contributed by atoms with Gasteiger partial charge >= 0.3 is 0 Å². The van der Waals surface area contributed by atoms with Crippen LogP contribution in [-0.4, -0.2) is 21.5 Å². The van der Waals surface area contributed by atoms with Crippen molar-refractivity contribution in [1.29, 1.82) is 0 Å². The lowest BCUT2D eigenvalue weighted by Gasteiger charge is -2.29. The van der Waals surface area contributed by atoms with E-state index >= 15 is 0 Å². The molecule has 1 heterocycles. The third-order valence-electron chi connectivity index (χ3n) is 3.83. The summed E-state index contributed by atoms with van der Waals surface area (Å²) in [7, 11) is 0. The molecule has 0 fully saturated rings. The highest BCUT2D eigenvalue weighted by molar-refractivity contribution is 6.31. The van der Waals surface area contributed by atoms with E-state index in [0.717, 1.165) is 23.5 Å². The zero-order chi connectivity index (χ0) is 15.5. The van der Waals surface area contributed by atoms with E-state index in [1.54, 1.807) is 0 Å². The molecular formula is C16H22ClN3O. The highest BCUT2D eigenvalue weighted by atomic mass is 35.5. The summed E-state index contributed by atoms with van der Waals surface area (Å²) in [5.41, 5.74) is 2.32. The predicted molar refractivity (Wildman–Crippen MR) is 85.4 cm³/mol. The monoisotopic (exact) mass is 307 g/mol. The van der Waals surface area contributed by atoms with Crippen LogP contribution in [0.2, 0.25) is 5.02 Å². The Bertz CT molecular complexity index is 597. The van der Waals surface area contributed by atoms with E-state index < -0.39 is 5.54 Å². The molecule has 0 aliphatic rings. The Morgan fingerprint density at radius 1 is 1.33 bits per heavy atom. The van der Waals surface area contributed by atoms with Crippen LogP contribution in [-0.2, 0) is 18.6 Å². The summed E-state index contributed by atoms with van der Waals surface area (Å²) in [6.45, 7) is 7.25. The predicted octanol–water partition coefficient (Wildman–Crippen LogP) is 2.86. The maximum Gasteiger partial charge on any atom is 0.0860 e. The van der Waals surface area contributed by atoms with Gasteiger partial charge in [-0.25, -0.2) is 0 Å². The standard InChI is InChI=1S/C16H22ClN3O/c1-4-20-14(15(17)12(2)19-20)10-18-16(3,11-21)13-8-6-5-7-9-13/h5-9,18,21H,4,10-11H2,1-3H3. The Morgan fingerprint density at radius 3 is 2.57 bits per heavy atom. The second kappa shape index (κ2) is 6.60. The van der Waals surface area contributed by atoms with E-state index in [1.807, 2.05) is 55.8 Å². The number of aryl methyl sites for hydroxylation is 2. The van der Waals surface area contributed by atoms with Crippen molar-refractivity contribution >= 4 is 11.6 Å². The fraction of sp³-hybridized carbons (Fsp3) is 0.438. The maximum atomic E-state index is 9.80. The molecule has 1 atom stereocenters. The average Bonchev–Trinajstić information content (AvgIpc) is 2.80. The number of nitrogens with zero attached hydrogens (tertiary/aromatic N) is 2. The highest BCUT2D eigenvalue weighted by Gasteiger charge is 2.26. The van der Waals surface area contributed by atoms with Crippen molar-refractivity contribution in [1.82, 2.24) is 15.1 Å². The van der Waals surface area contributed by atoms with Crippen LogP contribution < -0.4 is 5.32 Å². The van der Waals surface area contributed by atoms with Crippen LogP contribution in [0.5, 0.6) is 0 Å². The second-order valence-electron chi connectivity index (χ2n) is 5.37. The van der Waals surface area contributed by atoms with Crippen molar-refractivity contribution in [3.8, 4) is 0 Å². The first kappa shape index (κ1) is 16.0. The molecular weight excluding hydrogens is 286 g/mol. The number of benzene rings is 1. The molecule has 0 bridgehead atoms. The van der Waals surface area contributed by atoms with Crippen LogP contribution in [0.4, 0.5) is 0 Å². The smallest absolute Gasteiger partial charge is 0.0860 e. The van der Waals surface area contributed by atoms with E-state index in [9.17, 15) is 5.11 Å². The van der Waals surface area contributed by atoms with Gasteiger partial charge in [0, 0.05) is 13.1 Å². The minimum absolute atomic E-state index is 0.00781. The number of halogens is 1. The van der Waals surface area contributed by atoms with Crippen LogP contribution >= 0.6 is 11.6 Å². The summed E-state index contributed by atoms with van der Waals surface area (Å²) in [5.74, 6) is 0. The fourth-order valence-corrected chi connectivity index (χ4v) is 2.57. The molecule has 4 nitrogen and oxygen atoms in total. The van der Waals surface area contributed by atoms with Gasteiger partial charge in [0.25, 0.3) is 0 Å². The molecule has 0 aliphatic heterocycles. The van der Waals surface area contributed by atoms with E-state index in [-0.39, 0.29) is 6.61 Å². The number of nitrogens with one attached hydrogen (secondary N) is 1. The van der Waals surface area contributed by atoms with Crippen LogP contribution in [0.15, 0.2) is 30.3 Å².